The zero-order valence-electron chi connectivity index (χ0n) is 15.0. The SMILES string of the molecule is Cc1ccc(NC(=O)c2cc(C3CC3)n(C(C)(C)C)n2)cc1C(=O)O. The Bertz CT molecular complexity index is 842. The first-order chi connectivity index (χ1) is 11.7. The number of rotatable bonds is 4. The molecule has 0 atom stereocenters. The van der Waals surface area contributed by atoms with E-state index < -0.39 is 5.97 Å². The summed E-state index contributed by atoms with van der Waals surface area (Å²) in [5.74, 6) is -0.863. The molecule has 2 aromatic rings. The molecule has 132 valence electrons. The molecule has 1 heterocycles. The Balaban J connectivity index is 1.87. The van der Waals surface area contributed by atoms with Gasteiger partial charge in [-0.1, -0.05) is 6.07 Å². The predicted molar refractivity (Wildman–Crippen MR) is 95.3 cm³/mol. The third-order valence-electron chi connectivity index (χ3n) is 4.33. The zero-order chi connectivity index (χ0) is 18.4. The number of carboxylic acid groups (broad SMARTS) is 1. The van der Waals surface area contributed by atoms with E-state index in [0.29, 0.717) is 22.9 Å². The maximum atomic E-state index is 12.6. The minimum absolute atomic E-state index is 0.177. The Morgan fingerprint density at radius 2 is 1.92 bits per heavy atom. The van der Waals surface area contributed by atoms with Crippen LogP contribution in [0.3, 0.4) is 0 Å². The highest BCUT2D eigenvalue weighted by Crippen LogP contribution is 2.41. The molecular formula is C19H23N3O3. The number of carbonyl (C=O) groups is 2. The lowest BCUT2D eigenvalue weighted by Crippen LogP contribution is -2.25. The van der Waals surface area contributed by atoms with E-state index in [1.807, 2.05) is 10.7 Å². The van der Waals surface area contributed by atoms with Crippen molar-refractivity contribution in [2.75, 3.05) is 5.32 Å². The number of nitrogens with one attached hydrogen (secondary N) is 1. The lowest BCUT2D eigenvalue weighted by atomic mass is 10.1. The second-order valence-electron chi connectivity index (χ2n) is 7.60. The van der Waals surface area contributed by atoms with Crippen LogP contribution in [-0.4, -0.2) is 26.8 Å². The molecule has 1 fully saturated rings. The summed E-state index contributed by atoms with van der Waals surface area (Å²) in [4.78, 5) is 23.8. The lowest BCUT2D eigenvalue weighted by molar-refractivity contribution is 0.0695. The monoisotopic (exact) mass is 341 g/mol. The summed E-state index contributed by atoms with van der Waals surface area (Å²) in [5, 5.41) is 16.5. The second-order valence-corrected chi connectivity index (χ2v) is 7.60. The predicted octanol–water partition coefficient (Wildman–Crippen LogP) is 3.77. The van der Waals surface area contributed by atoms with Crippen molar-refractivity contribution in [2.24, 2.45) is 0 Å². The third kappa shape index (κ3) is 3.57. The van der Waals surface area contributed by atoms with Gasteiger partial charge in [0.2, 0.25) is 0 Å². The Labute approximate surface area is 146 Å². The van der Waals surface area contributed by atoms with Gasteiger partial charge in [-0.15, -0.1) is 0 Å². The topological polar surface area (TPSA) is 84.2 Å². The fraction of sp³-hybridized carbons (Fsp3) is 0.421. The Hall–Kier alpha value is -2.63. The molecule has 1 aliphatic rings. The minimum Gasteiger partial charge on any atom is -0.478 e. The van der Waals surface area contributed by atoms with Crippen LogP contribution < -0.4 is 5.32 Å². The van der Waals surface area contributed by atoms with Crippen LogP contribution in [0.15, 0.2) is 24.3 Å². The minimum atomic E-state index is -1.01. The number of hydrogen-bond acceptors (Lipinski definition) is 3. The van der Waals surface area contributed by atoms with E-state index in [4.69, 9.17) is 0 Å². The van der Waals surface area contributed by atoms with Gasteiger partial charge in [-0.05, 0) is 64.3 Å². The van der Waals surface area contributed by atoms with Gasteiger partial charge in [0.05, 0.1) is 11.1 Å². The van der Waals surface area contributed by atoms with Gasteiger partial charge < -0.3 is 10.4 Å². The van der Waals surface area contributed by atoms with Crippen molar-refractivity contribution in [3.05, 3.63) is 46.8 Å². The maximum absolute atomic E-state index is 12.6. The van der Waals surface area contributed by atoms with Crippen LogP contribution in [0.5, 0.6) is 0 Å². The first kappa shape index (κ1) is 17.2. The number of carbonyl (C=O) groups excluding carboxylic acids is 1. The molecule has 0 aliphatic heterocycles. The van der Waals surface area contributed by atoms with Crippen LogP contribution in [0, 0.1) is 6.92 Å². The summed E-state index contributed by atoms with van der Waals surface area (Å²) in [6.45, 7) is 7.91. The molecule has 0 bridgehead atoms. The fourth-order valence-corrected chi connectivity index (χ4v) is 2.84. The van der Waals surface area contributed by atoms with Gasteiger partial charge in [0.1, 0.15) is 0 Å². The third-order valence-corrected chi connectivity index (χ3v) is 4.33. The lowest BCUT2D eigenvalue weighted by Gasteiger charge is -2.22. The van der Waals surface area contributed by atoms with Crippen molar-refractivity contribution in [3.8, 4) is 0 Å². The summed E-state index contributed by atoms with van der Waals surface area (Å²) in [6, 6.07) is 6.70. The van der Waals surface area contributed by atoms with Gasteiger partial charge >= 0.3 is 5.97 Å². The summed E-state index contributed by atoms with van der Waals surface area (Å²) >= 11 is 0. The smallest absolute Gasteiger partial charge is 0.336 e. The normalized spacial score (nSPS) is 14.4. The number of aromatic nitrogens is 2. The van der Waals surface area contributed by atoms with E-state index >= 15 is 0 Å². The number of aromatic carboxylic acids is 1. The van der Waals surface area contributed by atoms with Gasteiger partial charge in [-0.3, -0.25) is 9.48 Å². The highest BCUT2D eigenvalue weighted by atomic mass is 16.4. The fourth-order valence-electron chi connectivity index (χ4n) is 2.84. The number of nitrogens with zero attached hydrogens (tertiary/aromatic N) is 2. The van der Waals surface area contributed by atoms with Crippen LogP contribution in [0.4, 0.5) is 5.69 Å². The Kier molecular flexibility index (Phi) is 4.14. The van der Waals surface area contributed by atoms with Crippen molar-refractivity contribution in [3.63, 3.8) is 0 Å². The van der Waals surface area contributed by atoms with Crippen molar-refractivity contribution in [1.82, 2.24) is 9.78 Å². The standard InChI is InChI=1S/C19H23N3O3/c1-11-5-8-13(9-14(11)18(24)25)20-17(23)15-10-16(12-6-7-12)22(21-15)19(2,3)4/h5,8-10,12H,6-7H2,1-4H3,(H,20,23)(H,24,25). The van der Waals surface area contributed by atoms with Crippen LogP contribution in [-0.2, 0) is 5.54 Å². The average molecular weight is 341 g/mol. The highest BCUT2D eigenvalue weighted by Gasteiger charge is 2.32. The quantitative estimate of drug-likeness (QED) is 0.886. The molecule has 1 aromatic heterocycles. The molecule has 0 spiro atoms. The number of amides is 1. The molecule has 1 aromatic carbocycles. The van der Waals surface area contributed by atoms with Crippen molar-refractivity contribution < 1.29 is 14.7 Å². The average Bonchev–Trinajstić information content (AvgIpc) is 3.25. The van der Waals surface area contributed by atoms with E-state index in [9.17, 15) is 14.7 Å². The molecule has 2 N–H and O–H groups in total. The van der Waals surface area contributed by atoms with Crippen LogP contribution >= 0.6 is 0 Å². The molecule has 0 unspecified atom stereocenters. The number of benzene rings is 1. The molecule has 0 saturated heterocycles. The summed E-state index contributed by atoms with van der Waals surface area (Å²) < 4.78 is 1.93. The molecule has 25 heavy (non-hydrogen) atoms. The van der Waals surface area contributed by atoms with Crippen molar-refractivity contribution in [1.29, 1.82) is 0 Å². The maximum Gasteiger partial charge on any atom is 0.336 e. The van der Waals surface area contributed by atoms with E-state index in [0.717, 1.165) is 18.5 Å². The molecule has 6 nitrogen and oxygen atoms in total. The molecule has 1 saturated carbocycles. The van der Waals surface area contributed by atoms with Crippen LogP contribution in [0.1, 0.15) is 71.6 Å². The van der Waals surface area contributed by atoms with E-state index in [-0.39, 0.29) is 17.0 Å². The first-order valence-electron chi connectivity index (χ1n) is 8.42. The Morgan fingerprint density at radius 3 is 2.48 bits per heavy atom. The summed E-state index contributed by atoms with van der Waals surface area (Å²) in [6.07, 6.45) is 2.26. The zero-order valence-corrected chi connectivity index (χ0v) is 15.0. The van der Waals surface area contributed by atoms with E-state index in [1.165, 1.54) is 6.07 Å². The molecule has 0 radical (unpaired) electrons. The van der Waals surface area contributed by atoms with Gasteiger partial charge in [0.15, 0.2) is 5.69 Å². The van der Waals surface area contributed by atoms with Gasteiger partial charge in [-0.2, -0.15) is 5.10 Å². The summed E-state index contributed by atoms with van der Waals surface area (Å²) in [5.41, 5.74) is 2.53. The van der Waals surface area contributed by atoms with Crippen molar-refractivity contribution >= 4 is 17.6 Å². The molecule has 1 amide bonds. The second kappa shape index (κ2) is 6.02. The number of carboxylic acids is 1. The Morgan fingerprint density at radius 1 is 1.24 bits per heavy atom. The van der Waals surface area contributed by atoms with E-state index in [1.54, 1.807) is 19.1 Å². The molecule has 3 rings (SSSR count). The van der Waals surface area contributed by atoms with Gasteiger partial charge in [-0.25, -0.2) is 4.79 Å². The van der Waals surface area contributed by atoms with Crippen LogP contribution in [0.2, 0.25) is 0 Å². The molecule has 1 aliphatic carbocycles. The summed E-state index contributed by atoms with van der Waals surface area (Å²) in [7, 11) is 0. The highest BCUT2D eigenvalue weighted by molar-refractivity contribution is 6.03. The van der Waals surface area contributed by atoms with Crippen molar-refractivity contribution in [2.45, 2.75) is 52.0 Å². The molecular weight excluding hydrogens is 318 g/mol. The van der Waals surface area contributed by atoms with Gasteiger partial charge in [0, 0.05) is 17.3 Å². The van der Waals surface area contributed by atoms with Crippen LogP contribution in [0.25, 0.3) is 0 Å². The number of hydrogen-bond donors (Lipinski definition) is 2. The number of anilines is 1. The number of aryl methyl sites for hydroxylation is 1. The molecule has 6 heteroatoms. The van der Waals surface area contributed by atoms with Gasteiger partial charge in [0.25, 0.3) is 5.91 Å². The van der Waals surface area contributed by atoms with E-state index in [2.05, 4.69) is 31.2 Å². The largest absolute Gasteiger partial charge is 0.478 e. The first-order valence-corrected chi connectivity index (χ1v) is 8.42.